The van der Waals surface area contributed by atoms with Crippen molar-refractivity contribution in [2.24, 2.45) is 0 Å². The summed E-state index contributed by atoms with van der Waals surface area (Å²) in [4.78, 5) is 21.7. The van der Waals surface area contributed by atoms with E-state index in [1.54, 1.807) is 25.1 Å². The molecule has 0 atom stereocenters. The highest BCUT2D eigenvalue weighted by Crippen LogP contribution is 2.04. The average molecular weight is 219 g/mol. The fraction of sp³-hybridized carbons (Fsp3) is 0.167. The highest BCUT2D eigenvalue weighted by atomic mass is 16.4. The van der Waals surface area contributed by atoms with Crippen molar-refractivity contribution in [3.8, 4) is 0 Å². The lowest BCUT2D eigenvalue weighted by molar-refractivity contribution is -0.116. The van der Waals surface area contributed by atoms with Gasteiger partial charge in [-0.25, -0.2) is 4.79 Å². The number of rotatable bonds is 4. The molecule has 0 fully saturated rings. The minimum atomic E-state index is -0.954. The second-order valence-corrected chi connectivity index (χ2v) is 3.22. The van der Waals surface area contributed by atoms with E-state index in [0.29, 0.717) is 6.54 Å². The summed E-state index contributed by atoms with van der Waals surface area (Å²) in [7, 11) is 0. The summed E-state index contributed by atoms with van der Waals surface area (Å²) in [5, 5.41) is 11.4. The number of hydrogen-bond acceptors (Lipinski definition) is 2. The van der Waals surface area contributed by atoms with Crippen molar-refractivity contribution in [2.45, 2.75) is 13.5 Å². The zero-order valence-electron chi connectivity index (χ0n) is 8.93. The van der Waals surface area contributed by atoms with Gasteiger partial charge in [-0.05, 0) is 30.7 Å². The topological polar surface area (TPSA) is 66.4 Å². The normalized spacial score (nSPS) is 10.3. The maximum Gasteiger partial charge on any atom is 0.335 e. The highest BCUT2D eigenvalue weighted by molar-refractivity contribution is 5.88. The Labute approximate surface area is 93.6 Å². The number of allylic oxidation sites excluding steroid dienone is 1. The molecule has 0 saturated carbocycles. The van der Waals surface area contributed by atoms with Gasteiger partial charge in [0, 0.05) is 6.54 Å². The summed E-state index contributed by atoms with van der Waals surface area (Å²) >= 11 is 0. The Hall–Kier alpha value is -2.10. The lowest BCUT2D eigenvalue weighted by Gasteiger charge is -2.02. The molecule has 0 bridgehead atoms. The van der Waals surface area contributed by atoms with Gasteiger partial charge in [-0.1, -0.05) is 18.2 Å². The summed E-state index contributed by atoms with van der Waals surface area (Å²) in [5.74, 6) is -1.12. The molecule has 4 heteroatoms. The Morgan fingerprint density at radius 2 is 1.94 bits per heavy atom. The minimum Gasteiger partial charge on any atom is -0.478 e. The Bertz CT molecular complexity index is 407. The van der Waals surface area contributed by atoms with Crippen LogP contribution in [0.1, 0.15) is 22.8 Å². The summed E-state index contributed by atoms with van der Waals surface area (Å²) in [6.07, 6.45) is 3.09. The van der Waals surface area contributed by atoms with E-state index in [2.05, 4.69) is 5.32 Å². The average Bonchev–Trinajstić information content (AvgIpc) is 2.27. The van der Waals surface area contributed by atoms with Gasteiger partial charge in [-0.3, -0.25) is 4.79 Å². The molecule has 1 rings (SSSR count). The third-order valence-corrected chi connectivity index (χ3v) is 1.99. The van der Waals surface area contributed by atoms with Crippen molar-refractivity contribution in [1.29, 1.82) is 0 Å². The van der Waals surface area contributed by atoms with E-state index in [0.717, 1.165) is 5.56 Å². The lowest BCUT2D eigenvalue weighted by atomic mass is 10.1. The Morgan fingerprint density at radius 1 is 1.31 bits per heavy atom. The van der Waals surface area contributed by atoms with Crippen molar-refractivity contribution in [1.82, 2.24) is 5.32 Å². The van der Waals surface area contributed by atoms with Crippen LogP contribution in [0.3, 0.4) is 0 Å². The molecule has 16 heavy (non-hydrogen) atoms. The molecular weight excluding hydrogens is 206 g/mol. The van der Waals surface area contributed by atoms with Crippen LogP contribution in [0.2, 0.25) is 0 Å². The van der Waals surface area contributed by atoms with Crippen LogP contribution in [0.25, 0.3) is 0 Å². The molecular formula is C12H13NO3. The largest absolute Gasteiger partial charge is 0.478 e. The Morgan fingerprint density at radius 3 is 2.44 bits per heavy atom. The van der Waals surface area contributed by atoms with Gasteiger partial charge in [0.2, 0.25) is 5.91 Å². The van der Waals surface area contributed by atoms with E-state index in [1.807, 2.05) is 0 Å². The number of aromatic carboxylic acids is 1. The molecule has 0 unspecified atom stereocenters. The monoisotopic (exact) mass is 219 g/mol. The predicted molar refractivity (Wildman–Crippen MR) is 60.1 cm³/mol. The highest BCUT2D eigenvalue weighted by Gasteiger charge is 2.01. The second kappa shape index (κ2) is 5.70. The van der Waals surface area contributed by atoms with Crippen LogP contribution < -0.4 is 5.32 Å². The first kappa shape index (κ1) is 12.0. The van der Waals surface area contributed by atoms with Crippen LogP contribution in [-0.4, -0.2) is 17.0 Å². The van der Waals surface area contributed by atoms with Crippen LogP contribution in [0.15, 0.2) is 36.4 Å². The van der Waals surface area contributed by atoms with Crippen molar-refractivity contribution < 1.29 is 14.7 Å². The number of carboxylic acids is 1. The number of amides is 1. The fourth-order valence-corrected chi connectivity index (χ4v) is 1.16. The molecule has 0 aromatic heterocycles. The number of hydrogen-bond donors (Lipinski definition) is 2. The van der Waals surface area contributed by atoms with Crippen molar-refractivity contribution in [3.05, 3.63) is 47.5 Å². The molecule has 84 valence electrons. The first-order valence-corrected chi connectivity index (χ1v) is 4.86. The van der Waals surface area contributed by atoms with Gasteiger partial charge in [0.1, 0.15) is 0 Å². The zero-order valence-corrected chi connectivity index (χ0v) is 8.93. The molecule has 0 saturated heterocycles. The SMILES string of the molecule is CC=CC(=O)NCc1ccc(C(=O)O)cc1. The van der Waals surface area contributed by atoms with Crippen LogP contribution >= 0.6 is 0 Å². The summed E-state index contributed by atoms with van der Waals surface area (Å²) in [6.45, 7) is 2.16. The molecule has 2 N–H and O–H groups in total. The maximum atomic E-state index is 11.1. The Kier molecular flexibility index (Phi) is 4.27. The van der Waals surface area contributed by atoms with Gasteiger partial charge >= 0.3 is 5.97 Å². The molecule has 1 aromatic carbocycles. The summed E-state index contributed by atoms with van der Waals surface area (Å²) in [5.41, 5.74) is 1.10. The molecule has 0 aliphatic heterocycles. The molecule has 4 nitrogen and oxygen atoms in total. The van der Waals surface area contributed by atoms with E-state index in [4.69, 9.17) is 5.11 Å². The van der Waals surface area contributed by atoms with E-state index < -0.39 is 5.97 Å². The lowest BCUT2D eigenvalue weighted by Crippen LogP contribution is -2.20. The fourth-order valence-electron chi connectivity index (χ4n) is 1.16. The molecule has 1 amide bonds. The van der Waals surface area contributed by atoms with Gasteiger partial charge < -0.3 is 10.4 Å². The van der Waals surface area contributed by atoms with Gasteiger partial charge in [0.25, 0.3) is 0 Å². The first-order chi connectivity index (χ1) is 7.63. The molecule has 0 aliphatic rings. The van der Waals surface area contributed by atoms with Crippen molar-refractivity contribution >= 4 is 11.9 Å². The third-order valence-electron chi connectivity index (χ3n) is 1.99. The number of carbonyl (C=O) groups excluding carboxylic acids is 1. The van der Waals surface area contributed by atoms with Gasteiger partial charge in [0.05, 0.1) is 5.56 Å². The van der Waals surface area contributed by atoms with Crippen LogP contribution in [0.5, 0.6) is 0 Å². The van der Waals surface area contributed by atoms with Gasteiger partial charge in [0.15, 0.2) is 0 Å². The van der Waals surface area contributed by atoms with Crippen LogP contribution in [0.4, 0.5) is 0 Å². The van der Waals surface area contributed by atoms with E-state index in [1.165, 1.54) is 18.2 Å². The third kappa shape index (κ3) is 3.57. The molecule has 0 radical (unpaired) electrons. The number of carboxylic acid groups (broad SMARTS) is 1. The quantitative estimate of drug-likeness (QED) is 0.755. The molecule has 1 aromatic rings. The second-order valence-electron chi connectivity index (χ2n) is 3.22. The van der Waals surface area contributed by atoms with E-state index in [9.17, 15) is 9.59 Å². The van der Waals surface area contributed by atoms with Crippen LogP contribution in [0, 0.1) is 0 Å². The van der Waals surface area contributed by atoms with Crippen molar-refractivity contribution in [2.75, 3.05) is 0 Å². The first-order valence-electron chi connectivity index (χ1n) is 4.86. The summed E-state index contributed by atoms with van der Waals surface area (Å²) < 4.78 is 0. The van der Waals surface area contributed by atoms with Gasteiger partial charge in [-0.15, -0.1) is 0 Å². The smallest absolute Gasteiger partial charge is 0.335 e. The molecule has 0 spiro atoms. The Balaban J connectivity index is 2.56. The molecule has 0 heterocycles. The zero-order chi connectivity index (χ0) is 12.0. The van der Waals surface area contributed by atoms with Crippen LogP contribution in [-0.2, 0) is 11.3 Å². The van der Waals surface area contributed by atoms with E-state index >= 15 is 0 Å². The number of carbonyl (C=O) groups is 2. The van der Waals surface area contributed by atoms with Crippen molar-refractivity contribution in [3.63, 3.8) is 0 Å². The number of nitrogens with one attached hydrogen (secondary N) is 1. The summed E-state index contributed by atoms with van der Waals surface area (Å²) in [6, 6.07) is 6.39. The van der Waals surface area contributed by atoms with Gasteiger partial charge in [-0.2, -0.15) is 0 Å². The molecule has 0 aliphatic carbocycles. The van der Waals surface area contributed by atoms with E-state index in [-0.39, 0.29) is 11.5 Å². The maximum absolute atomic E-state index is 11.1. The standard InChI is InChI=1S/C12H13NO3/c1-2-3-11(14)13-8-9-4-6-10(7-5-9)12(15)16/h2-7H,8H2,1H3,(H,13,14)(H,15,16). The minimum absolute atomic E-state index is 0.162. The predicted octanol–water partition coefficient (Wildman–Crippen LogP) is 1.58. The number of benzene rings is 1.